The van der Waals surface area contributed by atoms with Gasteiger partial charge in [-0.1, -0.05) is 6.07 Å². The summed E-state index contributed by atoms with van der Waals surface area (Å²) in [6, 6.07) is 12.0. The average Bonchev–Trinajstić information content (AvgIpc) is 2.89. The van der Waals surface area contributed by atoms with Crippen LogP contribution in [0.5, 0.6) is 5.75 Å². The van der Waals surface area contributed by atoms with Crippen molar-refractivity contribution < 1.29 is 5.11 Å². The number of aryl methyl sites for hydroxylation is 1. The predicted molar refractivity (Wildman–Crippen MR) is 82.3 cm³/mol. The molecule has 0 saturated carbocycles. The SMILES string of the molecule is Oc1ccc2c(c1)CCC2Nc1ccc2nccnc2c1. The van der Waals surface area contributed by atoms with Crippen molar-refractivity contribution in [3.8, 4) is 5.75 Å². The number of anilines is 1. The zero-order valence-electron chi connectivity index (χ0n) is 11.5. The van der Waals surface area contributed by atoms with Crippen molar-refractivity contribution in [3.05, 3.63) is 59.9 Å². The number of benzene rings is 2. The van der Waals surface area contributed by atoms with Gasteiger partial charge in [-0.25, -0.2) is 0 Å². The summed E-state index contributed by atoms with van der Waals surface area (Å²) >= 11 is 0. The van der Waals surface area contributed by atoms with Crippen molar-refractivity contribution in [2.24, 2.45) is 0 Å². The van der Waals surface area contributed by atoms with Crippen LogP contribution >= 0.6 is 0 Å². The van der Waals surface area contributed by atoms with Crippen molar-refractivity contribution in [1.29, 1.82) is 0 Å². The highest BCUT2D eigenvalue weighted by Crippen LogP contribution is 2.35. The third-order valence-electron chi connectivity index (χ3n) is 4.01. The van der Waals surface area contributed by atoms with Crippen LogP contribution < -0.4 is 5.32 Å². The summed E-state index contributed by atoms with van der Waals surface area (Å²) in [6.45, 7) is 0. The van der Waals surface area contributed by atoms with Gasteiger partial charge >= 0.3 is 0 Å². The highest BCUT2D eigenvalue weighted by molar-refractivity contribution is 5.78. The molecule has 0 radical (unpaired) electrons. The third-order valence-corrected chi connectivity index (χ3v) is 4.01. The highest BCUT2D eigenvalue weighted by atomic mass is 16.3. The van der Waals surface area contributed by atoms with Gasteiger partial charge in [-0.2, -0.15) is 0 Å². The molecule has 21 heavy (non-hydrogen) atoms. The molecule has 1 aliphatic rings. The second kappa shape index (κ2) is 4.74. The van der Waals surface area contributed by atoms with Crippen LogP contribution in [0.15, 0.2) is 48.8 Å². The van der Waals surface area contributed by atoms with Gasteiger partial charge in [-0.3, -0.25) is 9.97 Å². The van der Waals surface area contributed by atoms with Crippen LogP contribution in [0.3, 0.4) is 0 Å². The Morgan fingerprint density at radius 1 is 1.00 bits per heavy atom. The number of phenolic OH excluding ortho intramolecular Hbond substituents is 1. The van der Waals surface area contributed by atoms with Gasteiger partial charge < -0.3 is 10.4 Å². The molecule has 1 heterocycles. The number of hydrogen-bond donors (Lipinski definition) is 2. The van der Waals surface area contributed by atoms with Gasteiger partial charge in [0.25, 0.3) is 0 Å². The molecule has 0 spiro atoms. The first-order chi connectivity index (χ1) is 10.3. The fourth-order valence-electron chi connectivity index (χ4n) is 3.01. The molecule has 104 valence electrons. The molecule has 0 amide bonds. The number of rotatable bonds is 2. The Bertz CT molecular complexity index is 816. The van der Waals surface area contributed by atoms with E-state index in [0.29, 0.717) is 5.75 Å². The lowest BCUT2D eigenvalue weighted by Crippen LogP contribution is -2.07. The van der Waals surface area contributed by atoms with Crippen LogP contribution in [0.25, 0.3) is 11.0 Å². The van der Waals surface area contributed by atoms with Gasteiger partial charge in [-0.15, -0.1) is 0 Å². The van der Waals surface area contributed by atoms with E-state index in [1.54, 1.807) is 18.5 Å². The van der Waals surface area contributed by atoms with E-state index in [1.165, 1.54) is 11.1 Å². The summed E-state index contributed by atoms with van der Waals surface area (Å²) in [5.74, 6) is 0.343. The quantitative estimate of drug-likeness (QED) is 0.753. The van der Waals surface area contributed by atoms with Crippen molar-refractivity contribution in [1.82, 2.24) is 9.97 Å². The van der Waals surface area contributed by atoms with Crippen LogP contribution in [-0.4, -0.2) is 15.1 Å². The molecule has 4 heteroatoms. The number of aromatic hydroxyl groups is 1. The molecule has 0 bridgehead atoms. The van der Waals surface area contributed by atoms with Crippen molar-refractivity contribution >= 4 is 16.7 Å². The standard InChI is InChI=1S/C17H15N3O/c21-13-3-4-14-11(9-13)1-5-15(14)20-12-2-6-16-17(10-12)19-8-7-18-16/h2-4,6-10,15,20-21H,1,5H2. The smallest absolute Gasteiger partial charge is 0.115 e. The van der Waals surface area contributed by atoms with Gasteiger partial charge in [0.15, 0.2) is 0 Å². The molecule has 2 aromatic carbocycles. The summed E-state index contributed by atoms with van der Waals surface area (Å²) in [5.41, 5.74) is 5.35. The lowest BCUT2D eigenvalue weighted by molar-refractivity contribution is 0.474. The summed E-state index contributed by atoms with van der Waals surface area (Å²) in [7, 11) is 0. The number of aromatic nitrogens is 2. The Kier molecular flexibility index (Phi) is 2.74. The van der Waals surface area contributed by atoms with Crippen molar-refractivity contribution in [2.75, 3.05) is 5.32 Å². The maximum absolute atomic E-state index is 9.56. The molecule has 0 aliphatic heterocycles. The van der Waals surface area contributed by atoms with Gasteiger partial charge in [0.1, 0.15) is 5.75 Å². The van der Waals surface area contributed by atoms with E-state index in [1.807, 2.05) is 30.3 Å². The van der Waals surface area contributed by atoms with Crippen molar-refractivity contribution in [3.63, 3.8) is 0 Å². The first kappa shape index (κ1) is 12.1. The number of nitrogens with zero attached hydrogens (tertiary/aromatic N) is 2. The number of fused-ring (bicyclic) bond motifs is 2. The fraction of sp³-hybridized carbons (Fsp3) is 0.176. The zero-order valence-corrected chi connectivity index (χ0v) is 11.5. The Hall–Kier alpha value is -2.62. The summed E-state index contributed by atoms with van der Waals surface area (Å²) < 4.78 is 0. The number of phenols is 1. The van der Waals surface area contributed by atoms with E-state index < -0.39 is 0 Å². The normalized spacial score (nSPS) is 16.9. The van der Waals surface area contributed by atoms with Crippen molar-refractivity contribution in [2.45, 2.75) is 18.9 Å². The molecule has 0 fully saturated rings. The minimum Gasteiger partial charge on any atom is -0.508 e. The van der Waals surface area contributed by atoms with E-state index in [0.717, 1.165) is 29.6 Å². The Morgan fingerprint density at radius 2 is 1.86 bits per heavy atom. The zero-order chi connectivity index (χ0) is 14.2. The number of nitrogens with one attached hydrogen (secondary N) is 1. The van der Waals surface area contributed by atoms with E-state index in [-0.39, 0.29) is 6.04 Å². The third kappa shape index (κ3) is 2.18. The minimum absolute atomic E-state index is 0.287. The molecular formula is C17H15N3O. The van der Waals surface area contributed by atoms with E-state index >= 15 is 0 Å². The molecule has 4 rings (SSSR count). The molecule has 1 aliphatic carbocycles. The van der Waals surface area contributed by atoms with E-state index in [9.17, 15) is 5.11 Å². The van der Waals surface area contributed by atoms with E-state index in [2.05, 4.69) is 15.3 Å². The molecule has 2 N–H and O–H groups in total. The minimum atomic E-state index is 0.287. The van der Waals surface area contributed by atoms with Crippen LogP contribution in [0.1, 0.15) is 23.6 Å². The van der Waals surface area contributed by atoms with Gasteiger partial charge in [0.05, 0.1) is 17.1 Å². The Balaban J connectivity index is 1.64. The van der Waals surface area contributed by atoms with Gasteiger partial charge in [-0.05, 0) is 54.3 Å². The average molecular weight is 277 g/mol. The lowest BCUT2D eigenvalue weighted by atomic mass is 10.1. The van der Waals surface area contributed by atoms with Crippen LogP contribution in [0, 0.1) is 0 Å². The summed E-state index contributed by atoms with van der Waals surface area (Å²) in [6.07, 6.45) is 5.45. The molecule has 1 aromatic heterocycles. The van der Waals surface area contributed by atoms with Gasteiger partial charge in [0, 0.05) is 18.1 Å². The molecule has 1 unspecified atom stereocenters. The molecule has 4 nitrogen and oxygen atoms in total. The first-order valence-corrected chi connectivity index (χ1v) is 7.09. The second-order valence-corrected chi connectivity index (χ2v) is 5.38. The van der Waals surface area contributed by atoms with Crippen LogP contribution in [-0.2, 0) is 6.42 Å². The number of hydrogen-bond acceptors (Lipinski definition) is 4. The molecule has 3 aromatic rings. The predicted octanol–water partition coefficient (Wildman–Crippen LogP) is 3.43. The monoisotopic (exact) mass is 277 g/mol. The lowest BCUT2D eigenvalue weighted by Gasteiger charge is -2.16. The largest absolute Gasteiger partial charge is 0.508 e. The van der Waals surface area contributed by atoms with E-state index in [4.69, 9.17) is 0 Å². The maximum atomic E-state index is 9.56. The molecular weight excluding hydrogens is 262 g/mol. The second-order valence-electron chi connectivity index (χ2n) is 5.38. The fourth-order valence-corrected chi connectivity index (χ4v) is 3.01. The van der Waals surface area contributed by atoms with Crippen LogP contribution in [0.4, 0.5) is 5.69 Å². The topological polar surface area (TPSA) is 58.0 Å². The van der Waals surface area contributed by atoms with Crippen LogP contribution in [0.2, 0.25) is 0 Å². The summed E-state index contributed by atoms with van der Waals surface area (Å²) in [5, 5.41) is 13.1. The maximum Gasteiger partial charge on any atom is 0.115 e. The highest BCUT2D eigenvalue weighted by Gasteiger charge is 2.22. The Morgan fingerprint density at radius 3 is 2.76 bits per heavy atom. The molecule has 0 saturated heterocycles. The summed E-state index contributed by atoms with van der Waals surface area (Å²) in [4.78, 5) is 8.62. The first-order valence-electron chi connectivity index (χ1n) is 7.09. The van der Waals surface area contributed by atoms with Gasteiger partial charge in [0.2, 0.25) is 0 Å². The Labute approximate surface area is 122 Å². The molecule has 1 atom stereocenters.